The summed E-state index contributed by atoms with van der Waals surface area (Å²) in [5.41, 5.74) is 1.06. The number of hydrogen-bond acceptors (Lipinski definition) is 5. The molecule has 4 aliphatic carbocycles. The van der Waals surface area contributed by atoms with Gasteiger partial charge in [-0.05, 0) is 87.4 Å². The molecule has 6 fully saturated rings. The smallest absolute Gasteiger partial charge is 0.346 e. The predicted octanol–water partition coefficient (Wildman–Crippen LogP) is 6.12. The van der Waals surface area contributed by atoms with E-state index in [0.29, 0.717) is 35.4 Å². The first-order chi connectivity index (χ1) is 16.5. The second kappa shape index (κ2) is 8.36. The first kappa shape index (κ1) is 25.4. The van der Waals surface area contributed by atoms with Crippen LogP contribution in [0.25, 0.3) is 0 Å². The topological polar surface area (TPSA) is 69.7 Å². The van der Waals surface area contributed by atoms with E-state index in [-0.39, 0.29) is 35.0 Å². The summed E-state index contributed by atoms with van der Waals surface area (Å²) < 4.78 is 14.0. The van der Waals surface area contributed by atoms with E-state index in [0.717, 1.165) is 37.5 Å². The van der Waals surface area contributed by atoms with E-state index in [1.165, 1.54) is 37.7 Å². The summed E-state index contributed by atoms with van der Waals surface area (Å²) in [5.74, 6) is 3.58. The molecule has 2 aliphatic heterocycles. The average molecular weight is 485 g/mol. The highest BCUT2D eigenvalue weighted by atomic mass is 16.7. The quantitative estimate of drug-likeness (QED) is 0.450. The summed E-state index contributed by atoms with van der Waals surface area (Å²) in [6.07, 6.45) is 11.4. The predicted molar refractivity (Wildman–Crippen MR) is 131 cm³/mol. The van der Waals surface area contributed by atoms with Gasteiger partial charge in [-0.2, -0.15) is 9.59 Å². The maximum atomic E-state index is 13.8. The molecule has 4 saturated carbocycles. The molecule has 5 nitrogen and oxygen atoms in total. The highest BCUT2D eigenvalue weighted by Gasteiger charge is 2.83. The van der Waals surface area contributed by atoms with Crippen molar-refractivity contribution < 1.29 is 23.9 Å². The van der Waals surface area contributed by atoms with Crippen molar-refractivity contribution in [1.29, 1.82) is 0 Å². The van der Waals surface area contributed by atoms with Gasteiger partial charge in [0, 0.05) is 17.8 Å². The molecule has 35 heavy (non-hydrogen) atoms. The van der Waals surface area contributed by atoms with Crippen molar-refractivity contribution >= 4 is 11.9 Å². The fourth-order valence-electron chi connectivity index (χ4n) is 10.2. The van der Waals surface area contributed by atoms with Crippen LogP contribution in [0.5, 0.6) is 0 Å². The Balaban J connectivity index is 0.000000806. The van der Waals surface area contributed by atoms with E-state index in [2.05, 4.69) is 41.2 Å². The number of carbonyl (C=O) groups is 1. The van der Waals surface area contributed by atoms with Crippen LogP contribution in [0.3, 0.4) is 0 Å². The molecule has 0 aromatic carbocycles. The van der Waals surface area contributed by atoms with Crippen LogP contribution in [0.4, 0.5) is 0 Å². The summed E-state index contributed by atoms with van der Waals surface area (Å²) in [7, 11) is 0. The summed E-state index contributed by atoms with van der Waals surface area (Å²) >= 11 is 0. The molecule has 6 aliphatic rings. The number of fused-ring (bicyclic) bond motifs is 2. The van der Waals surface area contributed by atoms with Gasteiger partial charge in [-0.15, -0.1) is 0 Å². The second-order valence-corrected chi connectivity index (χ2v) is 13.7. The first-order valence-electron chi connectivity index (χ1n) is 14.0. The Kier molecular flexibility index (Phi) is 6.06. The van der Waals surface area contributed by atoms with Crippen LogP contribution in [0.1, 0.15) is 98.8 Å². The van der Waals surface area contributed by atoms with Gasteiger partial charge in [0.25, 0.3) is 0 Å². The fourth-order valence-corrected chi connectivity index (χ4v) is 10.2. The number of hydrogen-bond donors (Lipinski definition) is 0. The third kappa shape index (κ3) is 3.30. The maximum absolute atomic E-state index is 13.8. The highest BCUT2D eigenvalue weighted by Crippen LogP contribution is 2.78. The molecule has 5 heteroatoms. The molecule has 2 heterocycles. The highest BCUT2D eigenvalue weighted by molar-refractivity contribution is 5.87. The molecule has 194 valence electrons. The largest absolute Gasteiger partial charge is 0.373 e. The third-order valence-electron chi connectivity index (χ3n) is 12.0. The van der Waals surface area contributed by atoms with Crippen LogP contribution in [0, 0.1) is 46.3 Å². The lowest BCUT2D eigenvalue weighted by molar-refractivity contribution is -0.246. The number of allylic oxidation sites excluding steroid dienone is 1. The standard InChI is InChI=1S/C29H44O3.CO2/c1-17(2)19(4)8-12-27(6)23-16-21(30)24-28(23)13-10-22-26(5)11-7-18(3)15-20(26)9-14-29(22,24)32-25(28)31-27;2-1-3/h17-18,20,22-25H,4,7-16H2,1-3,5-6H3;. The molecule has 0 radical (unpaired) electrons. The van der Waals surface area contributed by atoms with Crippen LogP contribution < -0.4 is 0 Å². The van der Waals surface area contributed by atoms with Crippen LogP contribution in [-0.4, -0.2) is 29.4 Å². The first-order valence-corrected chi connectivity index (χ1v) is 14.0. The molecule has 0 aromatic rings. The zero-order chi connectivity index (χ0) is 25.4. The van der Waals surface area contributed by atoms with Gasteiger partial charge < -0.3 is 9.47 Å². The number of rotatable bonds is 4. The Bertz CT molecular complexity index is 935. The lowest BCUT2D eigenvalue weighted by atomic mass is 9.43. The molecular formula is C30H44O5. The maximum Gasteiger partial charge on any atom is 0.373 e. The molecule has 0 amide bonds. The minimum absolute atomic E-state index is 0.0628. The molecule has 2 saturated heterocycles. The molecule has 10 atom stereocenters. The van der Waals surface area contributed by atoms with Crippen molar-refractivity contribution in [2.45, 2.75) is 116 Å². The van der Waals surface area contributed by atoms with E-state index in [9.17, 15) is 4.79 Å². The van der Waals surface area contributed by atoms with Crippen molar-refractivity contribution in [3.05, 3.63) is 12.2 Å². The summed E-state index contributed by atoms with van der Waals surface area (Å²) in [4.78, 5) is 30.1. The SMILES string of the molecule is C=C(CCC1(C)OC2OC34CCC5CC(C)CCC5(C)C3CCC23C1CC(=O)C43)C(C)C.O=C=O. The average Bonchev–Trinajstić information content (AvgIpc) is 3.30. The summed E-state index contributed by atoms with van der Waals surface area (Å²) in [6, 6.07) is 0. The zero-order valence-corrected chi connectivity index (χ0v) is 22.4. The van der Waals surface area contributed by atoms with E-state index < -0.39 is 0 Å². The Hall–Kier alpha value is -1.29. The summed E-state index contributed by atoms with van der Waals surface area (Å²) in [6.45, 7) is 16.0. The van der Waals surface area contributed by atoms with Crippen molar-refractivity contribution in [3.63, 3.8) is 0 Å². The number of ether oxygens (including phenoxy) is 2. The van der Waals surface area contributed by atoms with Gasteiger partial charge in [0.1, 0.15) is 5.78 Å². The monoisotopic (exact) mass is 484 g/mol. The van der Waals surface area contributed by atoms with Crippen molar-refractivity contribution in [1.82, 2.24) is 0 Å². The van der Waals surface area contributed by atoms with Gasteiger partial charge in [0.15, 0.2) is 6.29 Å². The summed E-state index contributed by atoms with van der Waals surface area (Å²) in [5, 5.41) is 0. The van der Waals surface area contributed by atoms with Gasteiger partial charge in [-0.3, -0.25) is 4.79 Å². The molecule has 6 rings (SSSR count). The minimum atomic E-state index is -0.261. The van der Waals surface area contributed by atoms with Gasteiger partial charge in [-0.25, -0.2) is 0 Å². The number of ketones is 1. The van der Waals surface area contributed by atoms with E-state index in [4.69, 9.17) is 19.1 Å². The van der Waals surface area contributed by atoms with Crippen molar-refractivity contribution in [2.75, 3.05) is 0 Å². The molecule has 2 spiro atoms. The Labute approximate surface area is 210 Å². The van der Waals surface area contributed by atoms with Gasteiger partial charge in [0.2, 0.25) is 0 Å². The van der Waals surface area contributed by atoms with E-state index in [1.807, 2.05) is 0 Å². The van der Waals surface area contributed by atoms with Crippen LogP contribution in [0.2, 0.25) is 0 Å². The van der Waals surface area contributed by atoms with Crippen molar-refractivity contribution in [3.8, 4) is 0 Å². The molecule has 10 unspecified atom stereocenters. The molecule has 2 bridgehead atoms. The van der Waals surface area contributed by atoms with E-state index in [1.54, 1.807) is 0 Å². The third-order valence-corrected chi connectivity index (χ3v) is 12.0. The normalized spacial score (nSPS) is 51.1. The number of Topliss-reactive ketones (excluding diaryl/α,β-unsaturated/α-hetero) is 1. The number of carbonyl (C=O) groups excluding carboxylic acids is 3. The molecular weight excluding hydrogens is 440 g/mol. The van der Waals surface area contributed by atoms with Crippen LogP contribution >= 0.6 is 0 Å². The Morgan fingerprint density at radius 2 is 1.80 bits per heavy atom. The van der Waals surface area contributed by atoms with Gasteiger partial charge >= 0.3 is 6.15 Å². The lowest BCUT2D eigenvalue weighted by Gasteiger charge is -2.62. The minimum Gasteiger partial charge on any atom is -0.346 e. The molecule has 0 aromatic heterocycles. The zero-order valence-electron chi connectivity index (χ0n) is 22.4. The van der Waals surface area contributed by atoms with Crippen molar-refractivity contribution in [2.24, 2.45) is 46.3 Å². The van der Waals surface area contributed by atoms with E-state index >= 15 is 0 Å². The van der Waals surface area contributed by atoms with Gasteiger partial charge in [0.05, 0.1) is 17.1 Å². The van der Waals surface area contributed by atoms with Gasteiger partial charge in [-0.1, -0.05) is 46.3 Å². The molecule has 0 N–H and O–H groups in total. The Morgan fingerprint density at radius 1 is 1.09 bits per heavy atom. The lowest BCUT2D eigenvalue weighted by Crippen LogP contribution is -2.62. The fraction of sp³-hybridized carbons (Fsp3) is 0.867. The Morgan fingerprint density at radius 3 is 2.49 bits per heavy atom. The second-order valence-electron chi connectivity index (χ2n) is 13.7. The van der Waals surface area contributed by atoms with Crippen LogP contribution in [-0.2, 0) is 23.9 Å². The van der Waals surface area contributed by atoms with Crippen LogP contribution in [0.15, 0.2) is 12.2 Å².